The molecule has 0 fully saturated rings. The summed E-state index contributed by atoms with van der Waals surface area (Å²) in [4.78, 5) is 4.33. The fourth-order valence-corrected chi connectivity index (χ4v) is 1.71. The third kappa shape index (κ3) is 2.34. The van der Waals surface area contributed by atoms with Crippen LogP contribution in [0.25, 0.3) is 10.9 Å². The Morgan fingerprint density at radius 3 is 3.00 bits per heavy atom. The van der Waals surface area contributed by atoms with Crippen LogP contribution in [0.1, 0.15) is 12.5 Å². The lowest BCUT2D eigenvalue weighted by molar-refractivity contribution is 0.151. The van der Waals surface area contributed by atoms with Crippen LogP contribution in [0.4, 0.5) is 0 Å². The zero-order valence-electron chi connectivity index (χ0n) is 8.94. The van der Waals surface area contributed by atoms with E-state index in [1.54, 1.807) is 0 Å². The standard InChI is InChI=1S/C13H15NO/c1-2-15-10-8-11-5-3-7-13-12(11)6-4-9-14-13/h3-7,9H,2,8,10H2,1H3. The van der Waals surface area contributed by atoms with Crippen molar-refractivity contribution in [1.29, 1.82) is 0 Å². The summed E-state index contributed by atoms with van der Waals surface area (Å²) < 4.78 is 5.37. The van der Waals surface area contributed by atoms with Crippen LogP contribution < -0.4 is 0 Å². The van der Waals surface area contributed by atoms with Crippen molar-refractivity contribution in [3.8, 4) is 0 Å². The van der Waals surface area contributed by atoms with E-state index < -0.39 is 0 Å². The van der Waals surface area contributed by atoms with Gasteiger partial charge < -0.3 is 4.74 Å². The van der Waals surface area contributed by atoms with Gasteiger partial charge in [0, 0.05) is 18.2 Å². The molecule has 0 aliphatic rings. The lowest BCUT2D eigenvalue weighted by Crippen LogP contribution is -1.98. The topological polar surface area (TPSA) is 22.1 Å². The number of aromatic nitrogens is 1. The van der Waals surface area contributed by atoms with Gasteiger partial charge >= 0.3 is 0 Å². The SMILES string of the molecule is CCOCCc1cccc2ncccc12. The quantitative estimate of drug-likeness (QED) is 0.710. The Bertz CT molecular complexity index is 434. The van der Waals surface area contributed by atoms with Crippen molar-refractivity contribution in [2.45, 2.75) is 13.3 Å². The first-order valence-corrected chi connectivity index (χ1v) is 5.32. The smallest absolute Gasteiger partial charge is 0.0704 e. The van der Waals surface area contributed by atoms with Crippen LogP contribution in [0.15, 0.2) is 36.5 Å². The molecule has 0 unspecified atom stereocenters. The number of pyridine rings is 1. The van der Waals surface area contributed by atoms with Crippen LogP contribution in [-0.2, 0) is 11.2 Å². The van der Waals surface area contributed by atoms with Gasteiger partial charge in [0.1, 0.15) is 0 Å². The summed E-state index contributed by atoms with van der Waals surface area (Å²) in [7, 11) is 0. The summed E-state index contributed by atoms with van der Waals surface area (Å²) in [5.41, 5.74) is 2.38. The molecular formula is C13H15NO. The first-order chi connectivity index (χ1) is 7.42. The second-order valence-electron chi connectivity index (χ2n) is 3.43. The highest BCUT2D eigenvalue weighted by Gasteiger charge is 2.00. The molecule has 0 saturated heterocycles. The second kappa shape index (κ2) is 4.89. The Balaban J connectivity index is 2.26. The third-order valence-electron chi connectivity index (χ3n) is 2.46. The summed E-state index contributed by atoms with van der Waals surface area (Å²) in [5, 5.41) is 1.24. The first-order valence-electron chi connectivity index (χ1n) is 5.32. The number of ether oxygens (including phenoxy) is 1. The minimum Gasteiger partial charge on any atom is -0.381 e. The van der Waals surface area contributed by atoms with Gasteiger partial charge in [0.15, 0.2) is 0 Å². The molecule has 1 aromatic carbocycles. The molecule has 0 amide bonds. The predicted molar refractivity (Wildman–Crippen MR) is 61.9 cm³/mol. The van der Waals surface area contributed by atoms with Gasteiger partial charge in [-0.1, -0.05) is 18.2 Å². The monoisotopic (exact) mass is 201 g/mol. The largest absolute Gasteiger partial charge is 0.381 e. The maximum absolute atomic E-state index is 5.37. The fraction of sp³-hybridized carbons (Fsp3) is 0.308. The molecule has 0 spiro atoms. The lowest BCUT2D eigenvalue weighted by Gasteiger charge is -2.05. The molecule has 78 valence electrons. The average molecular weight is 201 g/mol. The number of hydrogen-bond donors (Lipinski definition) is 0. The normalized spacial score (nSPS) is 10.7. The van der Waals surface area contributed by atoms with E-state index in [9.17, 15) is 0 Å². The number of rotatable bonds is 4. The van der Waals surface area contributed by atoms with E-state index in [0.29, 0.717) is 0 Å². The van der Waals surface area contributed by atoms with Gasteiger partial charge in [-0.05, 0) is 31.0 Å². The molecule has 0 N–H and O–H groups in total. The van der Waals surface area contributed by atoms with Crippen molar-refractivity contribution in [1.82, 2.24) is 4.98 Å². The van der Waals surface area contributed by atoms with E-state index in [1.165, 1.54) is 10.9 Å². The van der Waals surface area contributed by atoms with Gasteiger partial charge in [-0.2, -0.15) is 0 Å². The minimum absolute atomic E-state index is 0.781. The minimum atomic E-state index is 0.781. The van der Waals surface area contributed by atoms with Crippen molar-refractivity contribution in [2.75, 3.05) is 13.2 Å². The zero-order valence-corrected chi connectivity index (χ0v) is 8.94. The van der Waals surface area contributed by atoms with Crippen molar-refractivity contribution < 1.29 is 4.74 Å². The van der Waals surface area contributed by atoms with Gasteiger partial charge in [0.25, 0.3) is 0 Å². The molecule has 1 heterocycles. The molecule has 0 aliphatic carbocycles. The maximum atomic E-state index is 5.37. The van der Waals surface area contributed by atoms with E-state index in [4.69, 9.17) is 4.74 Å². The van der Waals surface area contributed by atoms with Crippen molar-refractivity contribution in [3.05, 3.63) is 42.1 Å². The molecule has 2 rings (SSSR count). The van der Waals surface area contributed by atoms with Crippen LogP contribution in [0, 0.1) is 0 Å². The molecule has 2 heteroatoms. The van der Waals surface area contributed by atoms with Gasteiger partial charge in [0.2, 0.25) is 0 Å². The summed E-state index contributed by atoms with van der Waals surface area (Å²) in [6.45, 7) is 3.58. The number of fused-ring (bicyclic) bond motifs is 1. The van der Waals surface area contributed by atoms with E-state index >= 15 is 0 Å². The number of benzene rings is 1. The van der Waals surface area contributed by atoms with Crippen LogP contribution in [0.2, 0.25) is 0 Å². The van der Waals surface area contributed by atoms with Gasteiger partial charge in [-0.15, -0.1) is 0 Å². The van der Waals surface area contributed by atoms with Gasteiger partial charge in [-0.3, -0.25) is 4.98 Å². The first kappa shape index (κ1) is 10.1. The molecule has 0 atom stereocenters. The zero-order chi connectivity index (χ0) is 10.5. The predicted octanol–water partition coefficient (Wildman–Crippen LogP) is 2.81. The fourth-order valence-electron chi connectivity index (χ4n) is 1.71. The van der Waals surface area contributed by atoms with E-state index in [0.717, 1.165) is 25.2 Å². The molecule has 2 aromatic rings. The summed E-state index contributed by atoms with van der Waals surface area (Å²) >= 11 is 0. The highest BCUT2D eigenvalue weighted by Crippen LogP contribution is 2.16. The number of hydrogen-bond acceptors (Lipinski definition) is 2. The average Bonchev–Trinajstić information content (AvgIpc) is 2.30. The number of nitrogens with zero attached hydrogens (tertiary/aromatic N) is 1. The van der Waals surface area contributed by atoms with E-state index in [-0.39, 0.29) is 0 Å². The Kier molecular flexibility index (Phi) is 3.30. The Morgan fingerprint density at radius 1 is 1.20 bits per heavy atom. The molecule has 0 radical (unpaired) electrons. The summed E-state index contributed by atoms with van der Waals surface area (Å²) in [6, 6.07) is 10.3. The summed E-state index contributed by atoms with van der Waals surface area (Å²) in [6.07, 6.45) is 2.78. The van der Waals surface area contributed by atoms with Crippen LogP contribution in [0.3, 0.4) is 0 Å². The van der Waals surface area contributed by atoms with Crippen molar-refractivity contribution in [3.63, 3.8) is 0 Å². The van der Waals surface area contributed by atoms with Gasteiger partial charge in [0.05, 0.1) is 12.1 Å². The Labute approximate surface area is 89.9 Å². The second-order valence-corrected chi connectivity index (χ2v) is 3.43. The third-order valence-corrected chi connectivity index (χ3v) is 2.46. The molecule has 0 bridgehead atoms. The lowest BCUT2D eigenvalue weighted by atomic mass is 10.1. The highest BCUT2D eigenvalue weighted by atomic mass is 16.5. The van der Waals surface area contributed by atoms with Gasteiger partial charge in [-0.25, -0.2) is 0 Å². The Hall–Kier alpha value is -1.41. The summed E-state index contributed by atoms with van der Waals surface area (Å²) in [5.74, 6) is 0. The van der Waals surface area contributed by atoms with Crippen LogP contribution >= 0.6 is 0 Å². The molecule has 0 saturated carbocycles. The molecule has 1 aromatic heterocycles. The van der Waals surface area contributed by atoms with Crippen LogP contribution in [0.5, 0.6) is 0 Å². The van der Waals surface area contributed by atoms with Crippen molar-refractivity contribution >= 4 is 10.9 Å². The van der Waals surface area contributed by atoms with Crippen molar-refractivity contribution in [2.24, 2.45) is 0 Å². The highest BCUT2D eigenvalue weighted by molar-refractivity contribution is 5.81. The molecule has 2 nitrogen and oxygen atoms in total. The van der Waals surface area contributed by atoms with E-state index in [1.807, 2.05) is 25.3 Å². The molecule has 15 heavy (non-hydrogen) atoms. The molecular weight excluding hydrogens is 186 g/mol. The Morgan fingerprint density at radius 2 is 2.13 bits per heavy atom. The van der Waals surface area contributed by atoms with Crippen LogP contribution in [-0.4, -0.2) is 18.2 Å². The van der Waals surface area contributed by atoms with E-state index in [2.05, 4.69) is 23.2 Å². The molecule has 0 aliphatic heterocycles. The maximum Gasteiger partial charge on any atom is 0.0704 e.